The third kappa shape index (κ3) is 4.87. The van der Waals surface area contributed by atoms with E-state index in [0.29, 0.717) is 16.8 Å². The number of benzene rings is 3. The van der Waals surface area contributed by atoms with E-state index in [0.717, 1.165) is 17.2 Å². The second-order valence-corrected chi connectivity index (χ2v) is 8.22. The maximum atomic E-state index is 13.3. The molecule has 0 spiro atoms. The average molecular weight is 458 g/mol. The molecule has 1 aromatic heterocycles. The Labute approximate surface area is 206 Å². The van der Waals surface area contributed by atoms with Crippen molar-refractivity contribution in [2.24, 2.45) is 10.2 Å². The van der Waals surface area contributed by atoms with E-state index in [1.807, 2.05) is 0 Å². The average Bonchev–Trinajstić information content (AvgIpc) is 2.73. The van der Waals surface area contributed by atoms with Gasteiger partial charge in [-0.2, -0.15) is 0 Å². The summed E-state index contributed by atoms with van der Waals surface area (Å²) < 4.78 is 48.4. The van der Waals surface area contributed by atoms with Gasteiger partial charge in [0.1, 0.15) is 27.3 Å². The van der Waals surface area contributed by atoms with Crippen LogP contribution in [0.5, 0.6) is 0 Å². The molecule has 10 heteroatoms. The molecule has 0 unspecified atom stereocenters. The molecule has 7 nitrogen and oxygen atoms in total. The molecule has 32 heavy (non-hydrogen) atoms. The summed E-state index contributed by atoms with van der Waals surface area (Å²) in [7, 11) is -4.74. The minimum Gasteiger partial charge on any atom is -0.744 e. The van der Waals surface area contributed by atoms with E-state index < -0.39 is 15.0 Å². The molecule has 0 atom stereocenters. The quantitative estimate of drug-likeness (QED) is 0.218. The Balaban J connectivity index is 0.00000289. The van der Waals surface area contributed by atoms with Crippen molar-refractivity contribution < 1.29 is 46.9 Å². The summed E-state index contributed by atoms with van der Waals surface area (Å²) in [6.07, 6.45) is 1.48. The van der Waals surface area contributed by atoms with Crippen LogP contribution in [-0.2, 0) is 10.1 Å². The maximum absolute atomic E-state index is 13.3. The number of halogens is 1. The molecule has 156 valence electrons. The number of nitrogen functional groups attached to an aromatic ring is 1. The van der Waals surface area contributed by atoms with Crippen LogP contribution in [0.4, 0.5) is 21.5 Å². The molecule has 4 aromatic rings. The number of pyridine rings is 1. The van der Waals surface area contributed by atoms with E-state index in [4.69, 9.17) is 5.73 Å². The molecule has 0 saturated carbocycles. The number of hydrogen-bond acceptors (Lipinski definition) is 7. The molecular formula is C22H16FN4NaO3S. The minimum absolute atomic E-state index is 0. The van der Waals surface area contributed by atoms with Crippen LogP contribution >= 0.6 is 0 Å². The standard InChI is InChI=1S/C22H17FN4O3S.Na/c1-13-10-14(23)6-8-16(13)19-9-7-15(12-25-19)26-27-20-11-21(31(28,29)30)17-4-2-3-5-18(17)22(20)24;/h2-12H,24H2,1H3,(H,28,29,30);/q;+1/p-1. The van der Waals surface area contributed by atoms with Crippen molar-refractivity contribution in [1.29, 1.82) is 0 Å². The Morgan fingerprint density at radius 1 is 1.00 bits per heavy atom. The number of rotatable bonds is 4. The molecule has 0 radical (unpaired) electrons. The van der Waals surface area contributed by atoms with Gasteiger partial charge in [-0.25, -0.2) is 12.8 Å². The van der Waals surface area contributed by atoms with Crippen molar-refractivity contribution in [1.82, 2.24) is 4.98 Å². The van der Waals surface area contributed by atoms with Gasteiger partial charge < -0.3 is 10.3 Å². The van der Waals surface area contributed by atoms with Gasteiger partial charge in [0.05, 0.1) is 22.5 Å². The summed E-state index contributed by atoms with van der Waals surface area (Å²) in [5, 5.41) is 8.73. The largest absolute Gasteiger partial charge is 1.00 e. The van der Waals surface area contributed by atoms with Crippen molar-refractivity contribution in [3.63, 3.8) is 0 Å². The molecule has 0 saturated heterocycles. The Morgan fingerprint density at radius 3 is 2.34 bits per heavy atom. The summed E-state index contributed by atoms with van der Waals surface area (Å²) in [6, 6.07) is 15.4. The Morgan fingerprint density at radius 2 is 1.72 bits per heavy atom. The fourth-order valence-electron chi connectivity index (χ4n) is 3.27. The topological polar surface area (TPSA) is 121 Å². The fourth-order valence-corrected chi connectivity index (χ4v) is 3.97. The monoisotopic (exact) mass is 458 g/mol. The Kier molecular flexibility index (Phi) is 7.06. The Hall–Kier alpha value is -2.69. The van der Waals surface area contributed by atoms with Gasteiger partial charge in [0, 0.05) is 16.3 Å². The summed E-state index contributed by atoms with van der Waals surface area (Å²) in [6.45, 7) is 1.79. The second-order valence-electron chi connectivity index (χ2n) is 6.87. The smallest absolute Gasteiger partial charge is 0.744 e. The van der Waals surface area contributed by atoms with E-state index in [2.05, 4.69) is 15.2 Å². The number of aromatic nitrogens is 1. The zero-order valence-electron chi connectivity index (χ0n) is 17.3. The molecular weight excluding hydrogens is 442 g/mol. The van der Waals surface area contributed by atoms with E-state index in [-0.39, 0.29) is 52.1 Å². The number of nitrogens with two attached hydrogens (primary N) is 1. The molecule has 0 aliphatic rings. The van der Waals surface area contributed by atoms with Gasteiger partial charge in [-0.3, -0.25) is 4.98 Å². The number of azo groups is 1. The van der Waals surface area contributed by atoms with Crippen molar-refractivity contribution in [2.75, 3.05) is 5.73 Å². The molecule has 0 fully saturated rings. The van der Waals surface area contributed by atoms with Crippen molar-refractivity contribution >= 4 is 38.0 Å². The predicted molar refractivity (Wildman–Crippen MR) is 115 cm³/mol. The third-order valence-electron chi connectivity index (χ3n) is 4.78. The molecule has 0 amide bonds. The minimum atomic E-state index is -4.74. The van der Waals surface area contributed by atoms with Crippen LogP contribution in [0.3, 0.4) is 0 Å². The zero-order chi connectivity index (χ0) is 22.2. The van der Waals surface area contributed by atoms with Crippen molar-refractivity contribution in [3.05, 3.63) is 78.2 Å². The van der Waals surface area contributed by atoms with Gasteiger partial charge in [-0.05, 0) is 48.9 Å². The molecule has 0 bridgehead atoms. The molecule has 1 heterocycles. The van der Waals surface area contributed by atoms with Crippen LogP contribution in [0.15, 0.2) is 82.0 Å². The van der Waals surface area contributed by atoms with Crippen LogP contribution in [0.2, 0.25) is 0 Å². The molecule has 3 aromatic carbocycles. The molecule has 4 rings (SSSR count). The summed E-state index contributed by atoms with van der Waals surface area (Å²) in [5.41, 5.74) is 8.96. The maximum Gasteiger partial charge on any atom is 1.00 e. The van der Waals surface area contributed by atoms with Gasteiger partial charge in [0.2, 0.25) is 0 Å². The van der Waals surface area contributed by atoms with Crippen LogP contribution in [0.25, 0.3) is 22.0 Å². The number of anilines is 1. The van der Waals surface area contributed by atoms with Gasteiger partial charge in [0.25, 0.3) is 0 Å². The Bertz CT molecular complexity index is 1440. The normalized spacial score (nSPS) is 11.6. The molecule has 2 N–H and O–H groups in total. The van der Waals surface area contributed by atoms with Gasteiger partial charge in [-0.1, -0.05) is 24.3 Å². The van der Waals surface area contributed by atoms with E-state index in [1.165, 1.54) is 24.4 Å². The fraction of sp³-hybridized carbons (Fsp3) is 0.0455. The van der Waals surface area contributed by atoms with Crippen LogP contribution in [-0.4, -0.2) is 18.0 Å². The number of fused-ring (bicyclic) bond motifs is 1. The third-order valence-corrected chi connectivity index (χ3v) is 5.66. The van der Waals surface area contributed by atoms with Gasteiger partial charge >= 0.3 is 29.6 Å². The molecule has 0 aliphatic heterocycles. The van der Waals surface area contributed by atoms with E-state index in [9.17, 15) is 17.4 Å². The number of aryl methyl sites for hydroxylation is 1. The number of hydrogen-bond donors (Lipinski definition) is 1. The van der Waals surface area contributed by atoms with Crippen molar-refractivity contribution in [2.45, 2.75) is 11.8 Å². The van der Waals surface area contributed by atoms with E-state index in [1.54, 1.807) is 43.3 Å². The second kappa shape index (κ2) is 9.43. The number of nitrogens with zero attached hydrogens (tertiary/aromatic N) is 3. The first-order chi connectivity index (χ1) is 14.7. The first kappa shape index (κ1) is 24.0. The summed E-state index contributed by atoms with van der Waals surface area (Å²) in [4.78, 5) is 3.92. The van der Waals surface area contributed by atoms with Gasteiger partial charge in [-0.15, -0.1) is 10.2 Å². The van der Waals surface area contributed by atoms with Crippen molar-refractivity contribution in [3.8, 4) is 11.3 Å². The first-order valence-electron chi connectivity index (χ1n) is 9.15. The van der Waals surface area contributed by atoms with Crippen LogP contribution < -0.4 is 35.3 Å². The first-order valence-corrected chi connectivity index (χ1v) is 10.6. The summed E-state index contributed by atoms with van der Waals surface area (Å²) in [5.74, 6) is -0.320. The zero-order valence-corrected chi connectivity index (χ0v) is 20.1. The SMILES string of the molecule is Cc1cc(F)ccc1-c1ccc(N=Nc2cc(S(=O)(=O)[O-])c3ccccc3c2N)cn1.[Na+]. The summed E-state index contributed by atoms with van der Waals surface area (Å²) >= 11 is 0. The van der Waals surface area contributed by atoms with Gasteiger partial charge in [0.15, 0.2) is 0 Å². The van der Waals surface area contributed by atoms with Crippen LogP contribution in [0.1, 0.15) is 5.56 Å². The predicted octanol–water partition coefficient (Wildman–Crippen LogP) is 2.26. The van der Waals surface area contributed by atoms with E-state index >= 15 is 0 Å². The molecule has 0 aliphatic carbocycles. The van der Waals surface area contributed by atoms with Crippen LogP contribution in [0, 0.1) is 12.7 Å².